The number of phenolic OH excluding ortho intramolecular Hbond substituents is 1. The predicted octanol–water partition coefficient (Wildman–Crippen LogP) is 2.92. The molecule has 0 radical (unpaired) electrons. The number of hydrogen-bond acceptors (Lipinski definition) is 4. The molecule has 2 N–H and O–H groups in total. The number of ether oxygens (including phenoxy) is 1. The van der Waals surface area contributed by atoms with Gasteiger partial charge in [-0.1, -0.05) is 17.7 Å². The number of nitrogens with zero attached hydrogens (tertiary/aromatic N) is 1. The van der Waals surface area contributed by atoms with Crippen molar-refractivity contribution < 1.29 is 9.84 Å². The number of fused-ring (bicyclic) bond motifs is 1. The van der Waals surface area contributed by atoms with Gasteiger partial charge in [-0.2, -0.15) is 5.26 Å². The summed E-state index contributed by atoms with van der Waals surface area (Å²) >= 11 is 0. The summed E-state index contributed by atoms with van der Waals surface area (Å²) in [4.78, 5) is 0. The van der Waals surface area contributed by atoms with Gasteiger partial charge >= 0.3 is 0 Å². The molecular formula is C16H14N2O2. The van der Waals surface area contributed by atoms with Crippen LogP contribution in [-0.4, -0.2) is 11.7 Å². The van der Waals surface area contributed by atoms with E-state index in [9.17, 15) is 10.4 Å². The van der Waals surface area contributed by atoms with Crippen LogP contribution in [0, 0.1) is 18.3 Å². The first-order valence-electron chi connectivity index (χ1n) is 6.35. The first kappa shape index (κ1) is 12.4. The van der Waals surface area contributed by atoms with E-state index in [1.165, 1.54) is 6.07 Å². The molecule has 0 spiro atoms. The van der Waals surface area contributed by atoms with E-state index in [1.54, 1.807) is 12.1 Å². The molecule has 1 unspecified atom stereocenters. The smallest absolute Gasteiger partial charge is 0.188 e. The molecule has 3 rings (SSSR count). The molecule has 1 aliphatic rings. The lowest BCUT2D eigenvalue weighted by molar-refractivity contribution is 0.313. The van der Waals surface area contributed by atoms with Gasteiger partial charge in [0.15, 0.2) is 5.54 Å². The second-order valence-electron chi connectivity index (χ2n) is 4.98. The van der Waals surface area contributed by atoms with Crippen LogP contribution in [0.1, 0.15) is 11.1 Å². The summed E-state index contributed by atoms with van der Waals surface area (Å²) in [7, 11) is 0. The molecule has 0 amide bonds. The van der Waals surface area contributed by atoms with Gasteiger partial charge in [0, 0.05) is 17.3 Å². The summed E-state index contributed by atoms with van der Waals surface area (Å²) in [6.07, 6.45) is 0. The van der Waals surface area contributed by atoms with Crippen molar-refractivity contribution >= 4 is 5.69 Å². The molecule has 1 heterocycles. The molecule has 1 aliphatic heterocycles. The normalized spacial score (nSPS) is 19.8. The Bertz CT molecular complexity index is 689. The number of phenols is 1. The number of anilines is 1. The van der Waals surface area contributed by atoms with Crippen molar-refractivity contribution in [2.45, 2.75) is 12.5 Å². The molecule has 1 atom stereocenters. The van der Waals surface area contributed by atoms with Crippen LogP contribution in [0.4, 0.5) is 5.69 Å². The molecule has 0 saturated heterocycles. The molecule has 2 aromatic rings. The van der Waals surface area contributed by atoms with Crippen molar-refractivity contribution in [3.05, 3.63) is 53.6 Å². The maximum absolute atomic E-state index is 9.59. The lowest BCUT2D eigenvalue weighted by Crippen LogP contribution is -2.35. The first-order valence-corrected chi connectivity index (χ1v) is 6.35. The van der Waals surface area contributed by atoms with Gasteiger partial charge in [0.05, 0.1) is 6.07 Å². The molecule has 4 nitrogen and oxygen atoms in total. The van der Waals surface area contributed by atoms with Gasteiger partial charge in [-0.3, -0.25) is 0 Å². The molecule has 0 aliphatic carbocycles. The molecule has 0 aromatic heterocycles. The fraction of sp³-hybridized carbons (Fsp3) is 0.188. The molecule has 0 fully saturated rings. The third-order valence-corrected chi connectivity index (χ3v) is 3.47. The Labute approximate surface area is 117 Å². The van der Waals surface area contributed by atoms with E-state index < -0.39 is 5.54 Å². The predicted molar refractivity (Wildman–Crippen MR) is 75.7 cm³/mol. The highest BCUT2D eigenvalue weighted by Gasteiger charge is 2.41. The van der Waals surface area contributed by atoms with Gasteiger partial charge in [0.25, 0.3) is 0 Å². The minimum atomic E-state index is -0.918. The minimum absolute atomic E-state index is 0.132. The zero-order chi connectivity index (χ0) is 14.2. The summed E-state index contributed by atoms with van der Waals surface area (Å²) in [6, 6.07) is 15.0. The third-order valence-electron chi connectivity index (χ3n) is 3.47. The fourth-order valence-corrected chi connectivity index (χ4v) is 2.35. The molecular weight excluding hydrogens is 252 g/mol. The number of nitrogens with one attached hydrogen (secondary N) is 1. The van der Waals surface area contributed by atoms with Crippen LogP contribution in [0.2, 0.25) is 0 Å². The van der Waals surface area contributed by atoms with Crippen molar-refractivity contribution in [3.63, 3.8) is 0 Å². The third kappa shape index (κ3) is 1.94. The van der Waals surface area contributed by atoms with Crippen LogP contribution >= 0.6 is 0 Å². The number of hydrogen-bond donors (Lipinski definition) is 2. The molecule has 100 valence electrons. The van der Waals surface area contributed by atoms with Crippen LogP contribution in [0.15, 0.2) is 42.5 Å². The largest absolute Gasteiger partial charge is 0.508 e. The first-order chi connectivity index (χ1) is 9.63. The number of aryl methyl sites for hydroxylation is 1. The Morgan fingerprint density at radius 2 is 2.00 bits per heavy atom. The van der Waals surface area contributed by atoms with Gasteiger partial charge in [0.2, 0.25) is 0 Å². The summed E-state index contributed by atoms with van der Waals surface area (Å²) in [5, 5.41) is 22.3. The summed E-state index contributed by atoms with van der Waals surface area (Å²) in [5.74, 6) is 0.680. The highest BCUT2D eigenvalue weighted by Crippen LogP contribution is 2.40. The van der Waals surface area contributed by atoms with E-state index in [1.807, 2.05) is 31.2 Å². The van der Waals surface area contributed by atoms with E-state index >= 15 is 0 Å². The summed E-state index contributed by atoms with van der Waals surface area (Å²) < 4.78 is 5.54. The number of rotatable bonds is 2. The van der Waals surface area contributed by atoms with Crippen molar-refractivity contribution in [3.8, 4) is 17.6 Å². The average molecular weight is 266 g/mol. The zero-order valence-corrected chi connectivity index (χ0v) is 11.1. The van der Waals surface area contributed by atoms with Crippen LogP contribution in [-0.2, 0) is 5.54 Å². The lowest BCUT2D eigenvalue weighted by atomic mass is 9.93. The quantitative estimate of drug-likeness (QED) is 0.877. The van der Waals surface area contributed by atoms with E-state index in [0.29, 0.717) is 5.75 Å². The molecule has 0 bridgehead atoms. The highest BCUT2D eigenvalue weighted by molar-refractivity contribution is 5.58. The SMILES string of the molecule is Cc1ccc(NC2(C#N)COc3cc(O)ccc32)cc1. The van der Waals surface area contributed by atoms with E-state index in [0.717, 1.165) is 16.8 Å². The standard InChI is InChI=1S/C16H14N2O2/c1-11-2-4-12(5-3-11)18-16(9-17)10-20-15-8-13(19)6-7-14(15)16/h2-8,18-19H,10H2,1H3. The molecule has 2 aromatic carbocycles. The van der Waals surface area contributed by atoms with Crippen LogP contribution in [0.5, 0.6) is 11.5 Å². The Balaban J connectivity index is 1.99. The van der Waals surface area contributed by atoms with Gasteiger partial charge in [-0.15, -0.1) is 0 Å². The number of nitriles is 1. The maximum atomic E-state index is 9.59. The highest BCUT2D eigenvalue weighted by atomic mass is 16.5. The fourth-order valence-electron chi connectivity index (χ4n) is 2.35. The summed E-state index contributed by atoms with van der Waals surface area (Å²) in [6.45, 7) is 2.23. The second kappa shape index (κ2) is 4.46. The Hall–Kier alpha value is -2.67. The van der Waals surface area contributed by atoms with Gasteiger partial charge in [-0.05, 0) is 31.2 Å². The zero-order valence-electron chi connectivity index (χ0n) is 11.1. The Morgan fingerprint density at radius 1 is 1.25 bits per heavy atom. The summed E-state index contributed by atoms with van der Waals surface area (Å²) in [5.41, 5.74) is 1.85. The van der Waals surface area contributed by atoms with E-state index in [4.69, 9.17) is 4.74 Å². The van der Waals surface area contributed by atoms with Gasteiger partial charge in [-0.25, -0.2) is 0 Å². The monoisotopic (exact) mass is 266 g/mol. The van der Waals surface area contributed by atoms with Gasteiger partial charge < -0.3 is 15.2 Å². The van der Waals surface area contributed by atoms with Crippen LogP contribution < -0.4 is 10.1 Å². The molecule has 20 heavy (non-hydrogen) atoms. The van der Waals surface area contributed by atoms with E-state index in [-0.39, 0.29) is 12.4 Å². The minimum Gasteiger partial charge on any atom is -0.508 e. The molecule has 4 heteroatoms. The average Bonchev–Trinajstić information content (AvgIpc) is 2.80. The number of aromatic hydroxyl groups is 1. The van der Waals surface area contributed by atoms with Crippen molar-refractivity contribution in [1.29, 1.82) is 5.26 Å². The van der Waals surface area contributed by atoms with Gasteiger partial charge in [0.1, 0.15) is 18.1 Å². The number of benzene rings is 2. The Morgan fingerprint density at radius 3 is 2.70 bits per heavy atom. The lowest BCUT2D eigenvalue weighted by Gasteiger charge is -2.22. The Kier molecular flexibility index (Phi) is 2.76. The van der Waals surface area contributed by atoms with Crippen molar-refractivity contribution in [2.75, 3.05) is 11.9 Å². The van der Waals surface area contributed by atoms with Crippen LogP contribution in [0.3, 0.4) is 0 Å². The topological polar surface area (TPSA) is 65.3 Å². The van der Waals surface area contributed by atoms with Crippen molar-refractivity contribution in [2.24, 2.45) is 0 Å². The van der Waals surface area contributed by atoms with Crippen molar-refractivity contribution in [1.82, 2.24) is 0 Å². The van der Waals surface area contributed by atoms with E-state index in [2.05, 4.69) is 11.4 Å². The second-order valence-corrected chi connectivity index (χ2v) is 4.98. The maximum Gasteiger partial charge on any atom is 0.188 e. The molecule has 0 saturated carbocycles. The van der Waals surface area contributed by atoms with Crippen LogP contribution in [0.25, 0.3) is 0 Å².